The van der Waals surface area contributed by atoms with E-state index in [0.717, 1.165) is 17.0 Å². The molecule has 0 aromatic heterocycles. The highest BCUT2D eigenvalue weighted by molar-refractivity contribution is 8.69. The number of nitrogens with zero attached hydrogens (tertiary/aromatic N) is 1. The van der Waals surface area contributed by atoms with Gasteiger partial charge in [0.2, 0.25) is 5.62 Å². The Kier molecular flexibility index (Phi) is 8.77. The minimum absolute atomic E-state index is 0.449. The molecule has 0 fully saturated rings. The maximum Gasteiger partial charge on any atom is 0.213 e. The summed E-state index contributed by atoms with van der Waals surface area (Å²) in [4.78, 5) is 0. The summed E-state index contributed by atoms with van der Waals surface area (Å²) in [5.41, 5.74) is 0.575. The van der Waals surface area contributed by atoms with E-state index >= 15 is 0 Å². The molecule has 1 rings (SSSR count). The molecule has 1 aromatic carbocycles. The van der Waals surface area contributed by atoms with Gasteiger partial charge >= 0.3 is 0 Å². The molecule has 0 amide bonds. The van der Waals surface area contributed by atoms with Crippen LogP contribution in [0.2, 0.25) is 5.02 Å². The SMILES string of the molecule is CCOP(=S)(SC(C)CC)N(C=S)Cc1ccc(Cl)cc1. The zero-order valence-corrected chi connectivity index (χ0v) is 16.6. The number of thiocarbonyl (C=S) groups is 1. The van der Waals surface area contributed by atoms with Crippen LogP contribution in [0.5, 0.6) is 0 Å². The monoisotopic (exact) mass is 381 g/mol. The van der Waals surface area contributed by atoms with Crippen LogP contribution in [-0.4, -0.2) is 22.0 Å². The number of rotatable bonds is 9. The summed E-state index contributed by atoms with van der Waals surface area (Å²) in [5, 5.41) is 1.18. The van der Waals surface area contributed by atoms with Gasteiger partial charge in [0.05, 0.1) is 18.6 Å². The molecule has 0 bridgehead atoms. The van der Waals surface area contributed by atoms with Gasteiger partial charge in [-0.15, -0.1) is 0 Å². The van der Waals surface area contributed by atoms with Gasteiger partial charge in [-0.3, -0.25) is 0 Å². The molecule has 0 aliphatic rings. The normalized spacial score (nSPS) is 15.2. The number of hydrogen-bond donors (Lipinski definition) is 0. The molecule has 2 unspecified atom stereocenters. The highest BCUT2D eigenvalue weighted by Gasteiger charge is 2.27. The molecule has 118 valence electrons. The lowest BCUT2D eigenvalue weighted by Crippen LogP contribution is -2.18. The van der Waals surface area contributed by atoms with E-state index < -0.39 is 5.62 Å². The predicted molar refractivity (Wildman–Crippen MR) is 104 cm³/mol. The Morgan fingerprint density at radius 1 is 1.38 bits per heavy atom. The summed E-state index contributed by atoms with van der Waals surface area (Å²) >= 11 is 18.7. The Morgan fingerprint density at radius 2 is 2.00 bits per heavy atom. The summed E-state index contributed by atoms with van der Waals surface area (Å²) in [6, 6.07) is 7.75. The second-order valence-electron chi connectivity index (χ2n) is 4.54. The fourth-order valence-electron chi connectivity index (χ4n) is 1.59. The first-order valence-electron chi connectivity index (χ1n) is 6.85. The zero-order chi connectivity index (χ0) is 15.9. The van der Waals surface area contributed by atoms with Crippen LogP contribution in [0.15, 0.2) is 24.3 Å². The molecule has 7 heteroatoms. The van der Waals surface area contributed by atoms with Gasteiger partial charge in [0, 0.05) is 10.3 Å². The highest BCUT2D eigenvalue weighted by atomic mass is 35.5. The molecule has 0 N–H and O–H groups in total. The van der Waals surface area contributed by atoms with E-state index in [4.69, 9.17) is 40.1 Å². The molecule has 0 radical (unpaired) electrons. The first-order valence-corrected chi connectivity index (χ1v) is 11.9. The van der Waals surface area contributed by atoms with Crippen molar-refractivity contribution in [2.24, 2.45) is 0 Å². The molecule has 0 saturated heterocycles. The Morgan fingerprint density at radius 3 is 2.48 bits per heavy atom. The molecule has 2 atom stereocenters. The van der Waals surface area contributed by atoms with Gasteiger partial charge in [-0.1, -0.05) is 61.2 Å². The van der Waals surface area contributed by atoms with Crippen molar-refractivity contribution in [3.05, 3.63) is 34.9 Å². The quantitative estimate of drug-likeness (QED) is 0.389. The first-order chi connectivity index (χ1) is 9.95. The van der Waals surface area contributed by atoms with E-state index in [2.05, 4.69) is 13.8 Å². The van der Waals surface area contributed by atoms with Gasteiger partial charge in [0.25, 0.3) is 0 Å². The van der Waals surface area contributed by atoms with Gasteiger partial charge in [0.1, 0.15) is 0 Å². The standard InChI is InChI=1S/C14H21ClNOPS3/c1-4-12(3)21-18(20,17-5-2)16(11-19)10-13-6-8-14(15)9-7-13/h6-9,11-12H,4-5,10H2,1-3H3. The Labute approximate surface area is 147 Å². The van der Waals surface area contributed by atoms with Crippen LogP contribution >= 0.6 is 40.8 Å². The smallest absolute Gasteiger partial charge is 0.213 e. The fraction of sp³-hybridized carbons (Fsp3) is 0.500. The Bertz CT molecular complexity index is 497. The summed E-state index contributed by atoms with van der Waals surface area (Å²) in [6.45, 7) is 7.56. The second kappa shape index (κ2) is 9.49. The van der Waals surface area contributed by atoms with Crippen molar-refractivity contribution < 1.29 is 4.52 Å². The summed E-state index contributed by atoms with van der Waals surface area (Å²) in [6.07, 6.45) is 1.06. The van der Waals surface area contributed by atoms with E-state index in [-0.39, 0.29) is 0 Å². The molecular formula is C14H21ClNOPS3. The maximum absolute atomic E-state index is 5.94. The minimum Gasteiger partial charge on any atom is -0.327 e. The van der Waals surface area contributed by atoms with E-state index in [9.17, 15) is 0 Å². The van der Waals surface area contributed by atoms with Gasteiger partial charge in [0.15, 0.2) is 0 Å². The molecule has 0 aliphatic carbocycles. The van der Waals surface area contributed by atoms with Crippen LogP contribution in [0.4, 0.5) is 0 Å². The zero-order valence-electron chi connectivity index (χ0n) is 12.5. The molecular weight excluding hydrogens is 361 g/mol. The van der Waals surface area contributed by atoms with Crippen LogP contribution in [0.1, 0.15) is 32.8 Å². The molecule has 0 heterocycles. The van der Waals surface area contributed by atoms with Gasteiger partial charge in [-0.25, -0.2) is 0 Å². The third kappa shape index (κ3) is 6.17. The van der Waals surface area contributed by atoms with Crippen LogP contribution in [0, 0.1) is 0 Å². The summed E-state index contributed by atoms with van der Waals surface area (Å²) < 4.78 is 7.94. The largest absolute Gasteiger partial charge is 0.327 e. The molecule has 2 nitrogen and oxygen atoms in total. The summed E-state index contributed by atoms with van der Waals surface area (Å²) in [5.74, 6) is 0. The van der Waals surface area contributed by atoms with Gasteiger partial charge in [-0.2, -0.15) is 0 Å². The number of benzene rings is 1. The number of halogens is 1. The average Bonchev–Trinajstić information content (AvgIpc) is 2.46. The van der Waals surface area contributed by atoms with E-state index in [1.54, 1.807) is 16.9 Å². The van der Waals surface area contributed by atoms with Crippen LogP contribution in [0.25, 0.3) is 0 Å². The first kappa shape index (κ1) is 19.4. The van der Waals surface area contributed by atoms with Crippen molar-refractivity contribution in [1.82, 2.24) is 4.67 Å². The fourth-order valence-corrected chi connectivity index (χ4v) is 9.20. The van der Waals surface area contributed by atoms with Gasteiger partial charge < -0.3 is 9.19 Å². The lowest BCUT2D eigenvalue weighted by atomic mass is 10.2. The third-order valence-corrected chi connectivity index (χ3v) is 10.5. The second-order valence-corrected chi connectivity index (χ2v) is 12.2. The van der Waals surface area contributed by atoms with Crippen molar-refractivity contribution in [2.45, 2.75) is 39.0 Å². The molecule has 0 spiro atoms. The Hall–Kier alpha value is 0.360. The topological polar surface area (TPSA) is 12.5 Å². The van der Waals surface area contributed by atoms with Crippen LogP contribution in [0.3, 0.4) is 0 Å². The minimum atomic E-state index is -2.19. The number of hydrogen-bond acceptors (Lipinski definition) is 4. The average molecular weight is 382 g/mol. The van der Waals surface area contributed by atoms with Crippen molar-refractivity contribution in [3.63, 3.8) is 0 Å². The van der Waals surface area contributed by atoms with Gasteiger partial charge in [-0.05, 0) is 42.8 Å². The van der Waals surface area contributed by atoms with Crippen molar-refractivity contribution >= 4 is 58.1 Å². The molecule has 1 aromatic rings. The third-order valence-electron chi connectivity index (χ3n) is 2.87. The van der Waals surface area contributed by atoms with Crippen molar-refractivity contribution in [2.75, 3.05) is 6.61 Å². The van der Waals surface area contributed by atoms with Crippen LogP contribution < -0.4 is 0 Å². The molecule has 21 heavy (non-hydrogen) atoms. The lowest BCUT2D eigenvalue weighted by molar-refractivity contribution is 0.361. The highest BCUT2D eigenvalue weighted by Crippen LogP contribution is 2.64. The molecule has 0 saturated carbocycles. The maximum atomic E-state index is 5.94. The Balaban J connectivity index is 2.93. The van der Waals surface area contributed by atoms with Crippen molar-refractivity contribution in [1.29, 1.82) is 0 Å². The molecule has 0 aliphatic heterocycles. The van der Waals surface area contributed by atoms with Crippen molar-refractivity contribution in [3.8, 4) is 0 Å². The predicted octanol–water partition coefficient (Wildman–Crippen LogP) is 5.89. The van der Waals surface area contributed by atoms with Crippen LogP contribution in [-0.2, 0) is 22.9 Å². The van der Waals surface area contributed by atoms with E-state index in [1.165, 1.54) is 0 Å². The lowest BCUT2D eigenvalue weighted by Gasteiger charge is -2.33. The van der Waals surface area contributed by atoms with E-state index in [1.807, 2.05) is 35.9 Å². The summed E-state index contributed by atoms with van der Waals surface area (Å²) in [7, 11) is 0. The van der Waals surface area contributed by atoms with E-state index in [0.29, 0.717) is 18.4 Å².